The Morgan fingerprint density at radius 2 is 2.23 bits per heavy atom. The largest absolute Gasteiger partial charge is 0.350 e. The van der Waals surface area contributed by atoms with Crippen molar-refractivity contribution in [3.05, 3.63) is 10.6 Å². The molecule has 2 N–H and O–H groups in total. The molecule has 2 heterocycles. The Bertz CT molecular complexity index is 586. The second-order valence-corrected chi connectivity index (χ2v) is 7.16. The monoisotopic (exact) mass is 322 g/mol. The molecule has 2 fully saturated rings. The van der Waals surface area contributed by atoms with Gasteiger partial charge < -0.3 is 10.2 Å². The van der Waals surface area contributed by atoms with Gasteiger partial charge in [-0.05, 0) is 26.2 Å². The Balaban J connectivity index is 1.73. The third kappa shape index (κ3) is 2.95. The number of rotatable bonds is 2. The van der Waals surface area contributed by atoms with Crippen LogP contribution in [-0.2, 0) is 11.2 Å². The first kappa shape index (κ1) is 15.3. The fourth-order valence-corrected chi connectivity index (χ4v) is 4.26. The highest BCUT2D eigenvalue weighted by atomic mass is 32.1. The first-order valence-electron chi connectivity index (χ1n) is 7.91. The van der Waals surface area contributed by atoms with E-state index in [2.05, 4.69) is 22.5 Å². The summed E-state index contributed by atoms with van der Waals surface area (Å²) in [4.78, 5) is 31.7. The molecular formula is C15H22N4O2S. The van der Waals surface area contributed by atoms with Crippen LogP contribution in [0.15, 0.2) is 0 Å². The molecule has 22 heavy (non-hydrogen) atoms. The van der Waals surface area contributed by atoms with E-state index in [1.165, 1.54) is 11.3 Å². The SMILES string of the molecule is CCc1nc(NC(=O)N2CC(=O)N[C@H]3CCCC[C@@H]32)sc1C. The van der Waals surface area contributed by atoms with E-state index in [9.17, 15) is 9.59 Å². The van der Waals surface area contributed by atoms with E-state index in [4.69, 9.17) is 0 Å². The van der Waals surface area contributed by atoms with Crippen LogP contribution in [0.3, 0.4) is 0 Å². The van der Waals surface area contributed by atoms with Crippen molar-refractivity contribution >= 4 is 28.4 Å². The normalized spacial score (nSPS) is 24.6. The minimum Gasteiger partial charge on any atom is -0.350 e. The maximum Gasteiger partial charge on any atom is 0.324 e. The highest BCUT2D eigenvalue weighted by molar-refractivity contribution is 7.15. The number of hydrogen-bond acceptors (Lipinski definition) is 4. The average Bonchev–Trinajstić information content (AvgIpc) is 2.85. The number of nitrogens with one attached hydrogen (secondary N) is 2. The minimum absolute atomic E-state index is 0.0668. The number of fused-ring (bicyclic) bond motifs is 1. The molecule has 0 spiro atoms. The van der Waals surface area contributed by atoms with E-state index in [0.29, 0.717) is 5.13 Å². The highest BCUT2D eigenvalue weighted by Crippen LogP contribution is 2.27. The molecular weight excluding hydrogens is 300 g/mol. The van der Waals surface area contributed by atoms with Gasteiger partial charge in [0.15, 0.2) is 5.13 Å². The zero-order valence-corrected chi connectivity index (χ0v) is 13.8. The summed E-state index contributed by atoms with van der Waals surface area (Å²) < 4.78 is 0. The number of amides is 3. The molecule has 3 rings (SSSR count). The Hall–Kier alpha value is -1.63. The van der Waals surface area contributed by atoms with Gasteiger partial charge in [0.25, 0.3) is 0 Å². The number of carbonyl (C=O) groups excluding carboxylic acids is 2. The van der Waals surface area contributed by atoms with E-state index in [1.54, 1.807) is 4.90 Å². The molecule has 0 aromatic carbocycles. The number of piperazine rings is 1. The summed E-state index contributed by atoms with van der Waals surface area (Å²) >= 11 is 1.49. The number of aryl methyl sites for hydroxylation is 2. The van der Waals surface area contributed by atoms with Crippen LogP contribution >= 0.6 is 11.3 Å². The van der Waals surface area contributed by atoms with Crippen LogP contribution in [-0.4, -0.2) is 40.5 Å². The first-order valence-corrected chi connectivity index (χ1v) is 8.73. The fraction of sp³-hybridized carbons (Fsp3) is 0.667. The van der Waals surface area contributed by atoms with Crippen LogP contribution < -0.4 is 10.6 Å². The van der Waals surface area contributed by atoms with E-state index >= 15 is 0 Å². The smallest absolute Gasteiger partial charge is 0.324 e. The second-order valence-electron chi connectivity index (χ2n) is 5.96. The van der Waals surface area contributed by atoms with E-state index < -0.39 is 0 Å². The standard InChI is InChI=1S/C15H22N4O2S/c1-3-10-9(2)22-14(17-10)18-15(21)19-8-13(20)16-11-6-4-5-7-12(11)19/h11-12H,3-8H2,1-2H3,(H,16,20)(H,17,18,21)/t11-,12-/m0/s1. The lowest BCUT2D eigenvalue weighted by Crippen LogP contribution is -2.63. The molecule has 1 saturated heterocycles. The Morgan fingerprint density at radius 3 is 2.95 bits per heavy atom. The molecule has 120 valence electrons. The fourth-order valence-electron chi connectivity index (χ4n) is 3.37. The molecule has 6 nitrogen and oxygen atoms in total. The summed E-state index contributed by atoms with van der Waals surface area (Å²) in [5, 5.41) is 6.51. The highest BCUT2D eigenvalue weighted by Gasteiger charge is 2.39. The molecule has 1 aliphatic heterocycles. The number of thiazole rings is 1. The van der Waals surface area contributed by atoms with Gasteiger partial charge >= 0.3 is 6.03 Å². The predicted octanol–water partition coefficient (Wildman–Crippen LogP) is 2.29. The van der Waals surface area contributed by atoms with Gasteiger partial charge in [-0.1, -0.05) is 19.8 Å². The maximum atomic E-state index is 12.6. The van der Waals surface area contributed by atoms with Crippen molar-refractivity contribution in [3.8, 4) is 0 Å². The Kier molecular flexibility index (Phi) is 4.33. The average molecular weight is 322 g/mol. The van der Waals surface area contributed by atoms with Crippen LogP contribution in [0.2, 0.25) is 0 Å². The molecule has 2 atom stereocenters. The lowest BCUT2D eigenvalue weighted by Gasteiger charge is -2.43. The predicted molar refractivity (Wildman–Crippen MR) is 86.1 cm³/mol. The number of aromatic nitrogens is 1. The van der Waals surface area contributed by atoms with Gasteiger partial charge in [-0.15, -0.1) is 11.3 Å². The maximum absolute atomic E-state index is 12.6. The van der Waals surface area contributed by atoms with Gasteiger partial charge in [0, 0.05) is 10.9 Å². The zero-order valence-electron chi connectivity index (χ0n) is 13.0. The number of anilines is 1. The summed E-state index contributed by atoms with van der Waals surface area (Å²) in [6.45, 7) is 4.20. The summed E-state index contributed by atoms with van der Waals surface area (Å²) in [5.41, 5.74) is 1.02. The third-order valence-corrected chi connectivity index (χ3v) is 5.42. The first-order chi connectivity index (χ1) is 10.6. The van der Waals surface area contributed by atoms with Crippen molar-refractivity contribution in [3.63, 3.8) is 0 Å². The van der Waals surface area contributed by atoms with Gasteiger partial charge in [-0.2, -0.15) is 0 Å². The van der Waals surface area contributed by atoms with E-state index in [-0.39, 0.29) is 30.6 Å². The lowest BCUT2D eigenvalue weighted by molar-refractivity contribution is -0.126. The zero-order chi connectivity index (χ0) is 15.7. The van der Waals surface area contributed by atoms with E-state index in [0.717, 1.165) is 42.7 Å². The second kappa shape index (κ2) is 6.24. The quantitative estimate of drug-likeness (QED) is 0.877. The van der Waals surface area contributed by atoms with Crippen LogP contribution in [0.25, 0.3) is 0 Å². The molecule has 1 aromatic rings. The summed E-state index contributed by atoms with van der Waals surface area (Å²) in [7, 11) is 0. The van der Waals surface area contributed by atoms with Gasteiger partial charge in [0.2, 0.25) is 5.91 Å². The number of hydrogen-bond donors (Lipinski definition) is 2. The molecule has 0 radical (unpaired) electrons. The van der Waals surface area contributed by atoms with Crippen molar-refractivity contribution in [2.45, 2.75) is 58.0 Å². The minimum atomic E-state index is -0.205. The molecule has 0 unspecified atom stereocenters. The van der Waals surface area contributed by atoms with Crippen molar-refractivity contribution in [2.75, 3.05) is 11.9 Å². The number of nitrogens with zero attached hydrogens (tertiary/aromatic N) is 2. The summed E-state index contributed by atoms with van der Waals surface area (Å²) in [5.74, 6) is -0.0668. The molecule has 3 amide bonds. The summed E-state index contributed by atoms with van der Waals surface area (Å²) in [6, 6.07) is 0.00583. The molecule has 1 aliphatic carbocycles. The molecule has 0 bridgehead atoms. The van der Waals surface area contributed by atoms with E-state index in [1.807, 2.05) is 6.92 Å². The van der Waals surface area contributed by atoms with Crippen LogP contribution in [0.1, 0.15) is 43.2 Å². The van der Waals surface area contributed by atoms with Crippen molar-refractivity contribution in [2.24, 2.45) is 0 Å². The molecule has 1 aromatic heterocycles. The van der Waals surface area contributed by atoms with Crippen molar-refractivity contribution in [1.29, 1.82) is 0 Å². The van der Waals surface area contributed by atoms with Crippen LogP contribution in [0.4, 0.5) is 9.93 Å². The lowest BCUT2D eigenvalue weighted by atomic mass is 9.87. The van der Waals surface area contributed by atoms with Crippen LogP contribution in [0.5, 0.6) is 0 Å². The van der Waals surface area contributed by atoms with Gasteiger partial charge in [0.1, 0.15) is 6.54 Å². The molecule has 7 heteroatoms. The van der Waals surface area contributed by atoms with Gasteiger partial charge in [-0.25, -0.2) is 9.78 Å². The molecule has 1 saturated carbocycles. The topological polar surface area (TPSA) is 74.3 Å². The number of urea groups is 1. The number of carbonyl (C=O) groups is 2. The van der Waals surface area contributed by atoms with Crippen molar-refractivity contribution < 1.29 is 9.59 Å². The van der Waals surface area contributed by atoms with Crippen LogP contribution in [0, 0.1) is 6.92 Å². The molecule has 2 aliphatic rings. The van der Waals surface area contributed by atoms with Gasteiger partial charge in [-0.3, -0.25) is 10.1 Å². The van der Waals surface area contributed by atoms with Crippen molar-refractivity contribution in [1.82, 2.24) is 15.2 Å². The Labute approximate surface area is 134 Å². The summed E-state index contributed by atoms with van der Waals surface area (Å²) in [6.07, 6.45) is 4.99. The van der Waals surface area contributed by atoms with Gasteiger partial charge in [0.05, 0.1) is 11.7 Å². The third-order valence-electron chi connectivity index (χ3n) is 4.49. The Morgan fingerprint density at radius 1 is 1.45 bits per heavy atom.